The van der Waals surface area contributed by atoms with Gasteiger partial charge in [0.2, 0.25) is 0 Å². The normalized spacial score (nSPS) is 71.7. The van der Waals surface area contributed by atoms with Crippen molar-refractivity contribution in [2.24, 2.45) is 40.4 Å². The first-order valence-electron chi connectivity index (χ1n) is 8.26. The highest BCUT2D eigenvalue weighted by Crippen LogP contribution is 2.88. The lowest BCUT2D eigenvalue weighted by Gasteiger charge is -2.47. The first kappa shape index (κ1) is 11.6. The Labute approximate surface area is 123 Å². The maximum Gasteiger partial charge on any atom is 0.308 e. The van der Waals surface area contributed by atoms with E-state index in [1.54, 1.807) is 0 Å². The van der Waals surface area contributed by atoms with E-state index in [-0.39, 0.29) is 40.8 Å². The quantitative estimate of drug-likeness (QED) is 0.635. The van der Waals surface area contributed by atoms with Crippen LogP contribution in [0.2, 0.25) is 0 Å². The van der Waals surface area contributed by atoms with Crippen LogP contribution in [0.1, 0.15) is 33.6 Å². The highest BCUT2D eigenvalue weighted by atomic mass is 16.6. The van der Waals surface area contributed by atoms with E-state index in [4.69, 9.17) is 9.47 Å². The van der Waals surface area contributed by atoms with Crippen molar-refractivity contribution in [2.45, 2.75) is 51.4 Å². The van der Waals surface area contributed by atoms with Crippen LogP contribution in [-0.2, 0) is 19.1 Å². The molecule has 4 bridgehead atoms. The second-order valence-electron chi connectivity index (χ2n) is 8.85. The molecule has 4 heteroatoms. The van der Waals surface area contributed by atoms with Crippen molar-refractivity contribution in [1.82, 2.24) is 0 Å². The van der Waals surface area contributed by atoms with E-state index in [0.29, 0.717) is 30.0 Å². The number of rotatable bonds is 0. The van der Waals surface area contributed by atoms with Gasteiger partial charge in [0.05, 0.1) is 17.4 Å². The Balaban J connectivity index is 1.60. The Hall–Kier alpha value is -0.900. The lowest BCUT2D eigenvalue weighted by Crippen LogP contribution is -2.57. The molecule has 0 amide bonds. The first-order valence-corrected chi connectivity index (χ1v) is 8.26. The van der Waals surface area contributed by atoms with Crippen LogP contribution in [0.4, 0.5) is 0 Å². The number of hydrogen-bond donors (Lipinski definition) is 0. The molecule has 6 rings (SSSR count). The summed E-state index contributed by atoms with van der Waals surface area (Å²) < 4.78 is 12.1. The largest absolute Gasteiger partial charge is 0.459 e. The number of hydrogen-bond acceptors (Lipinski definition) is 4. The molecular formula is C17H20O4. The summed E-state index contributed by atoms with van der Waals surface area (Å²) in [6.45, 7) is 6.57. The van der Waals surface area contributed by atoms with Crippen molar-refractivity contribution >= 4 is 11.8 Å². The van der Waals surface area contributed by atoms with Crippen molar-refractivity contribution in [2.75, 3.05) is 0 Å². The minimum atomic E-state index is -0.441. The minimum Gasteiger partial charge on any atom is -0.459 e. The molecule has 112 valence electrons. The van der Waals surface area contributed by atoms with E-state index in [0.717, 1.165) is 0 Å². The molecule has 4 nitrogen and oxygen atoms in total. The van der Waals surface area contributed by atoms with E-state index in [9.17, 15) is 9.59 Å². The summed E-state index contributed by atoms with van der Waals surface area (Å²) in [6, 6.07) is 0. The third-order valence-electron chi connectivity index (χ3n) is 8.53. The van der Waals surface area contributed by atoms with Gasteiger partial charge in [0.15, 0.2) is 0 Å². The summed E-state index contributed by atoms with van der Waals surface area (Å²) in [5.74, 6) is 2.46. The van der Waals surface area contributed by atoms with Crippen LogP contribution in [-0.4, -0.2) is 29.6 Å². The summed E-state index contributed by atoms with van der Waals surface area (Å²) in [5.41, 5.74) is -0.826. The zero-order valence-corrected chi connectivity index (χ0v) is 12.6. The number of esters is 1. The van der Waals surface area contributed by atoms with Crippen LogP contribution < -0.4 is 0 Å². The third kappa shape index (κ3) is 0.809. The van der Waals surface area contributed by atoms with Gasteiger partial charge in [-0.25, -0.2) is 0 Å². The van der Waals surface area contributed by atoms with Gasteiger partial charge in [0.25, 0.3) is 0 Å². The topological polar surface area (TPSA) is 52.6 Å². The molecule has 0 aromatic rings. The molecule has 6 aliphatic rings. The molecular weight excluding hydrogens is 268 g/mol. The summed E-state index contributed by atoms with van der Waals surface area (Å²) >= 11 is 0. The summed E-state index contributed by atoms with van der Waals surface area (Å²) in [6.07, 6.45) is 1.33. The number of fused-ring (bicyclic) bond motifs is 6. The van der Waals surface area contributed by atoms with Crippen LogP contribution in [0.3, 0.4) is 0 Å². The average Bonchev–Trinajstić information content (AvgIpc) is 2.75. The molecule has 2 heterocycles. The van der Waals surface area contributed by atoms with Crippen molar-refractivity contribution in [3.8, 4) is 0 Å². The van der Waals surface area contributed by atoms with E-state index in [1.807, 2.05) is 0 Å². The molecule has 0 spiro atoms. The van der Waals surface area contributed by atoms with Crippen LogP contribution in [0.5, 0.6) is 0 Å². The molecule has 4 aliphatic carbocycles. The molecule has 10 atom stereocenters. The van der Waals surface area contributed by atoms with Gasteiger partial charge in [0, 0.05) is 11.8 Å². The van der Waals surface area contributed by atoms with Crippen LogP contribution >= 0.6 is 0 Å². The predicted molar refractivity (Wildman–Crippen MR) is 71.1 cm³/mol. The Bertz CT molecular complexity index is 643. The number of ether oxygens (including phenoxy) is 2. The summed E-state index contributed by atoms with van der Waals surface area (Å²) in [7, 11) is 0. The number of Topliss-reactive ketones (excluding diaryl/α,β-unsaturated/α-hetero) is 1. The maximum atomic E-state index is 13.1. The van der Waals surface area contributed by atoms with Crippen LogP contribution in [0.15, 0.2) is 0 Å². The lowest BCUT2D eigenvalue weighted by atomic mass is 9.58. The molecule has 21 heavy (non-hydrogen) atoms. The maximum absolute atomic E-state index is 13.1. The fraction of sp³-hybridized carbons (Fsp3) is 0.882. The average molecular weight is 288 g/mol. The van der Waals surface area contributed by atoms with Crippen LogP contribution in [0.25, 0.3) is 0 Å². The minimum absolute atomic E-state index is 0.0157. The van der Waals surface area contributed by atoms with Crippen molar-refractivity contribution in [3.63, 3.8) is 0 Å². The van der Waals surface area contributed by atoms with Gasteiger partial charge in [-0.05, 0) is 43.4 Å². The van der Waals surface area contributed by atoms with E-state index < -0.39 is 5.60 Å². The molecule has 0 N–H and O–H groups in total. The standard InChI is InChI=1S/C17H20O4/c1-15-10-6-4-7(6)12(15)16(2,14(10)19)17(3)13(15)11-8(21-17)5-9(18)20-11/h6-8,10-13H,4-5H2,1-3H3/t6?,7?,8-,10?,11+,12?,13-,15?,16?,17-/m1/s1. The molecule has 4 saturated carbocycles. The molecule has 6 fully saturated rings. The zero-order chi connectivity index (χ0) is 14.5. The van der Waals surface area contributed by atoms with Crippen molar-refractivity contribution in [3.05, 3.63) is 0 Å². The van der Waals surface area contributed by atoms with Crippen LogP contribution in [0, 0.1) is 40.4 Å². The fourth-order valence-electron chi connectivity index (χ4n) is 8.10. The van der Waals surface area contributed by atoms with E-state index in [1.165, 1.54) is 6.42 Å². The number of carbonyl (C=O) groups excluding carboxylic acids is 2. The number of ketones is 1. The Kier molecular flexibility index (Phi) is 1.50. The van der Waals surface area contributed by atoms with Crippen molar-refractivity contribution < 1.29 is 19.1 Å². The first-order chi connectivity index (χ1) is 9.85. The van der Waals surface area contributed by atoms with E-state index in [2.05, 4.69) is 20.8 Å². The highest BCUT2D eigenvalue weighted by molar-refractivity contribution is 5.96. The predicted octanol–water partition coefficient (Wildman–Crippen LogP) is 1.57. The molecule has 6 unspecified atom stereocenters. The van der Waals surface area contributed by atoms with Gasteiger partial charge in [-0.1, -0.05) is 6.92 Å². The summed E-state index contributed by atoms with van der Waals surface area (Å²) in [5, 5.41) is 0. The molecule has 0 radical (unpaired) electrons. The van der Waals surface area contributed by atoms with Gasteiger partial charge in [-0.2, -0.15) is 0 Å². The van der Waals surface area contributed by atoms with Gasteiger partial charge < -0.3 is 9.47 Å². The Morgan fingerprint density at radius 3 is 2.62 bits per heavy atom. The monoisotopic (exact) mass is 288 g/mol. The second kappa shape index (κ2) is 2.70. The smallest absolute Gasteiger partial charge is 0.308 e. The SMILES string of the molecule is CC12C3C(=O)C(C)(C1C1CC13)[C@]1(C)O[C@@H]3CC(=O)O[C@@H]3[C@H]21. The Morgan fingerprint density at radius 2 is 1.86 bits per heavy atom. The molecule has 2 saturated heterocycles. The number of carbonyl (C=O) groups is 2. The highest BCUT2D eigenvalue weighted by Gasteiger charge is 2.92. The van der Waals surface area contributed by atoms with Gasteiger partial charge in [0.1, 0.15) is 18.0 Å². The molecule has 0 aromatic heterocycles. The third-order valence-corrected chi connectivity index (χ3v) is 8.53. The second-order valence-corrected chi connectivity index (χ2v) is 8.85. The van der Waals surface area contributed by atoms with E-state index >= 15 is 0 Å². The Morgan fingerprint density at radius 1 is 1.10 bits per heavy atom. The summed E-state index contributed by atoms with van der Waals surface area (Å²) in [4.78, 5) is 24.8. The van der Waals surface area contributed by atoms with Crippen molar-refractivity contribution in [1.29, 1.82) is 0 Å². The van der Waals surface area contributed by atoms with Gasteiger partial charge >= 0.3 is 5.97 Å². The lowest BCUT2D eigenvalue weighted by molar-refractivity contribution is -0.169. The zero-order valence-electron chi connectivity index (χ0n) is 12.6. The molecule has 0 aromatic carbocycles. The van der Waals surface area contributed by atoms with Gasteiger partial charge in [-0.3, -0.25) is 9.59 Å². The molecule has 2 aliphatic heterocycles. The fourth-order valence-corrected chi connectivity index (χ4v) is 8.10. The van der Waals surface area contributed by atoms with Gasteiger partial charge in [-0.15, -0.1) is 0 Å².